The molecule has 2 amide bonds. The van der Waals surface area contributed by atoms with Crippen LogP contribution in [0.5, 0.6) is 11.5 Å². The second kappa shape index (κ2) is 8.79. The van der Waals surface area contributed by atoms with Gasteiger partial charge in [-0.15, -0.1) is 0 Å². The van der Waals surface area contributed by atoms with E-state index in [0.717, 1.165) is 32.4 Å². The molecule has 0 spiro atoms. The average molecular weight is 461 g/mol. The summed E-state index contributed by atoms with van der Waals surface area (Å²) < 4.78 is 11.7. The number of nitrogens with zero attached hydrogens (tertiary/aromatic N) is 1. The fourth-order valence-corrected chi connectivity index (χ4v) is 4.31. The first-order valence-corrected chi connectivity index (χ1v) is 11.1. The second-order valence-electron chi connectivity index (χ2n) is 7.46. The first kappa shape index (κ1) is 20.8. The Morgan fingerprint density at radius 2 is 1.70 bits per heavy atom. The van der Waals surface area contributed by atoms with Gasteiger partial charge in [-0.3, -0.25) is 9.59 Å². The van der Waals surface area contributed by atoms with Gasteiger partial charge in [0.25, 0.3) is 5.91 Å². The SMILES string of the molecule is CC(=O)Nc1ccc(NC(=O)c2ccc3nc(NCc4ccc5c(c4)OCO5)sc3c2)cc1. The molecule has 0 fully saturated rings. The van der Waals surface area contributed by atoms with Crippen LogP contribution >= 0.6 is 11.3 Å². The Bertz CT molecular complexity index is 1350. The predicted octanol–water partition coefficient (Wildman–Crippen LogP) is 4.85. The Morgan fingerprint density at radius 3 is 2.48 bits per heavy atom. The summed E-state index contributed by atoms with van der Waals surface area (Å²) in [5.41, 5.74) is 3.74. The van der Waals surface area contributed by atoms with Crippen LogP contribution in [0.2, 0.25) is 0 Å². The molecule has 1 aliphatic heterocycles. The lowest BCUT2D eigenvalue weighted by Crippen LogP contribution is -2.12. The molecule has 1 aliphatic rings. The zero-order valence-electron chi connectivity index (χ0n) is 17.7. The molecule has 0 aliphatic carbocycles. The van der Waals surface area contributed by atoms with E-state index in [0.29, 0.717) is 23.5 Å². The number of nitrogens with one attached hydrogen (secondary N) is 3. The maximum absolute atomic E-state index is 12.7. The van der Waals surface area contributed by atoms with Crippen LogP contribution in [0.4, 0.5) is 16.5 Å². The van der Waals surface area contributed by atoms with Crippen molar-refractivity contribution in [1.29, 1.82) is 0 Å². The van der Waals surface area contributed by atoms with Gasteiger partial charge in [-0.25, -0.2) is 4.98 Å². The molecule has 166 valence electrons. The summed E-state index contributed by atoms with van der Waals surface area (Å²) in [5, 5.41) is 9.67. The highest BCUT2D eigenvalue weighted by molar-refractivity contribution is 7.22. The standard InChI is InChI=1S/C24H20N4O4S/c1-14(29)26-17-4-6-18(7-5-17)27-23(30)16-3-8-19-22(11-16)33-24(28-19)25-12-15-2-9-20-21(10-15)32-13-31-20/h2-11H,12-13H2,1H3,(H,25,28)(H,26,29)(H,27,30). The zero-order valence-corrected chi connectivity index (χ0v) is 18.5. The number of carbonyl (C=O) groups is 2. The van der Waals surface area contributed by atoms with Crippen LogP contribution in [0.3, 0.4) is 0 Å². The molecule has 8 nitrogen and oxygen atoms in total. The number of fused-ring (bicyclic) bond motifs is 2. The fourth-order valence-electron chi connectivity index (χ4n) is 3.41. The smallest absolute Gasteiger partial charge is 0.255 e. The Kier molecular flexibility index (Phi) is 5.54. The molecule has 0 atom stereocenters. The Hall–Kier alpha value is -4.11. The highest BCUT2D eigenvalue weighted by Gasteiger charge is 2.14. The number of carbonyl (C=O) groups excluding carboxylic acids is 2. The normalized spacial score (nSPS) is 11.9. The van der Waals surface area contributed by atoms with Crippen molar-refractivity contribution in [2.75, 3.05) is 22.7 Å². The van der Waals surface area contributed by atoms with Crippen LogP contribution in [0.1, 0.15) is 22.8 Å². The van der Waals surface area contributed by atoms with Gasteiger partial charge in [-0.05, 0) is 60.2 Å². The number of anilines is 3. The molecule has 9 heteroatoms. The third-order valence-corrected chi connectivity index (χ3v) is 5.97. The number of hydrogen-bond donors (Lipinski definition) is 3. The molecule has 33 heavy (non-hydrogen) atoms. The number of benzene rings is 3. The highest BCUT2D eigenvalue weighted by atomic mass is 32.1. The molecule has 0 saturated carbocycles. The number of rotatable bonds is 6. The number of amides is 2. The summed E-state index contributed by atoms with van der Waals surface area (Å²) in [4.78, 5) is 28.4. The molecule has 3 aromatic carbocycles. The van der Waals surface area contributed by atoms with Gasteiger partial charge in [-0.1, -0.05) is 17.4 Å². The van der Waals surface area contributed by atoms with Gasteiger partial charge in [-0.2, -0.15) is 0 Å². The van der Waals surface area contributed by atoms with Crippen molar-refractivity contribution in [1.82, 2.24) is 4.98 Å². The minimum Gasteiger partial charge on any atom is -0.454 e. The first-order chi connectivity index (χ1) is 16.0. The number of thiazole rings is 1. The predicted molar refractivity (Wildman–Crippen MR) is 128 cm³/mol. The van der Waals surface area contributed by atoms with Crippen LogP contribution in [0.15, 0.2) is 60.7 Å². The molecule has 0 bridgehead atoms. The molecular formula is C24H20N4O4S. The van der Waals surface area contributed by atoms with E-state index in [1.165, 1.54) is 18.3 Å². The molecular weight excluding hydrogens is 440 g/mol. The molecule has 1 aromatic heterocycles. The van der Waals surface area contributed by atoms with E-state index in [2.05, 4.69) is 20.9 Å². The van der Waals surface area contributed by atoms with Crippen LogP contribution < -0.4 is 25.4 Å². The maximum atomic E-state index is 12.7. The quantitative estimate of drug-likeness (QED) is 0.380. The van der Waals surface area contributed by atoms with Gasteiger partial charge in [0.05, 0.1) is 10.2 Å². The van der Waals surface area contributed by atoms with E-state index < -0.39 is 0 Å². The Balaban J connectivity index is 1.24. The summed E-state index contributed by atoms with van der Waals surface area (Å²) in [6, 6.07) is 18.2. The van der Waals surface area contributed by atoms with Gasteiger partial charge in [0.1, 0.15) is 0 Å². The molecule has 0 unspecified atom stereocenters. The minimum absolute atomic E-state index is 0.144. The highest BCUT2D eigenvalue weighted by Crippen LogP contribution is 2.33. The van der Waals surface area contributed by atoms with Crippen LogP contribution in [0, 0.1) is 0 Å². The lowest BCUT2D eigenvalue weighted by atomic mass is 10.2. The molecule has 4 aromatic rings. The summed E-state index contributed by atoms with van der Waals surface area (Å²) in [6.07, 6.45) is 0. The number of hydrogen-bond acceptors (Lipinski definition) is 7. The number of aromatic nitrogens is 1. The van der Waals surface area contributed by atoms with Crippen molar-refractivity contribution in [3.05, 3.63) is 71.8 Å². The van der Waals surface area contributed by atoms with Crippen molar-refractivity contribution in [3.63, 3.8) is 0 Å². The zero-order chi connectivity index (χ0) is 22.8. The molecule has 2 heterocycles. The third-order valence-electron chi connectivity index (χ3n) is 4.99. The van der Waals surface area contributed by atoms with Gasteiger partial charge in [0.15, 0.2) is 16.6 Å². The van der Waals surface area contributed by atoms with E-state index in [1.54, 1.807) is 30.3 Å². The summed E-state index contributed by atoms with van der Waals surface area (Å²) in [7, 11) is 0. The van der Waals surface area contributed by atoms with Crippen molar-refractivity contribution in [3.8, 4) is 11.5 Å². The third kappa shape index (κ3) is 4.73. The first-order valence-electron chi connectivity index (χ1n) is 10.3. The van der Waals surface area contributed by atoms with Gasteiger partial charge in [0.2, 0.25) is 12.7 Å². The lowest BCUT2D eigenvalue weighted by Gasteiger charge is -2.07. The van der Waals surface area contributed by atoms with E-state index in [4.69, 9.17) is 9.47 Å². The van der Waals surface area contributed by atoms with E-state index in [1.807, 2.05) is 30.3 Å². The van der Waals surface area contributed by atoms with Crippen LogP contribution in [-0.2, 0) is 11.3 Å². The van der Waals surface area contributed by atoms with Crippen molar-refractivity contribution in [2.24, 2.45) is 0 Å². The van der Waals surface area contributed by atoms with Gasteiger partial charge >= 0.3 is 0 Å². The van der Waals surface area contributed by atoms with E-state index >= 15 is 0 Å². The topological polar surface area (TPSA) is 102 Å². The summed E-state index contributed by atoms with van der Waals surface area (Å²) >= 11 is 1.49. The lowest BCUT2D eigenvalue weighted by molar-refractivity contribution is -0.114. The average Bonchev–Trinajstić information content (AvgIpc) is 3.44. The van der Waals surface area contributed by atoms with Gasteiger partial charge < -0.3 is 25.4 Å². The van der Waals surface area contributed by atoms with Crippen molar-refractivity contribution in [2.45, 2.75) is 13.5 Å². The molecule has 3 N–H and O–H groups in total. The van der Waals surface area contributed by atoms with E-state index in [9.17, 15) is 9.59 Å². The molecule has 5 rings (SSSR count). The maximum Gasteiger partial charge on any atom is 0.255 e. The van der Waals surface area contributed by atoms with Gasteiger partial charge in [0, 0.05) is 30.4 Å². The summed E-state index contributed by atoms with van der Waals surface area (Å²) in [6.45, 7) is 2.30. The summed E-state index contributed by atoms with van der Waals surface area (Å²) in [5.74, 6) is 1.15. The second-order valence-corrected chi connectivity index (χ2v) is 8.49. The Labute approximate surface area is 193 Å². The Morgan fingerprint density at radius 1 is 0.939 bits per heavy atom. The van der Waals surface area contributed by atoms with Crippen LogP contribution in [-0.4, -0.2) is 23.6 Å². The minimum atomic E-state index is -0.215. The van der Waals surface area contributed by atoms with Crippen molar-refractivity contribution < 1.29 is 19.1 Å². The van der Waals surface area contributed by atoms with E-state index in [-0.39, 0.29) is 18.6 Å². The van der Waals surface area contributed by atoms with Crippen LogP contribution in [0.25, 0.3) is 10.2 Å². The molecule has 0 radical (unpaired) electrons. The number of ether oxygens (including phenoxy) is 2. The molecule has 0 saturated heterocycles. The largest absolute Gasteiger partial charge is 0.454 e. The monoisotopic (exact) mass is 460 g/mol. The van der Waals surface area contributed by atoms with Crippen molar-refractivity contribution >= 4 is 49.9 Å². The fraction of sp³-hybridized carbons (Fsp3) is 0.125.